The fraction of sp³-hybridized carbons (Fsp3) is 0.680. The van der Waals surface area contributed by atoms with Crippen LogP contribution in [0.2, 0.25) is 0 Å². The Labute approximate surface area is 156 Å². The van der Waals surface area contributed by atoms with Crippen LogP contribution in [-0.2, 0) is 0 Å². The normalized spacial score (nSPS) is 27.1. The Bertz CT molecular complexity index is 528. The molecular formula is C25H38. The predicted octanol–water partition coefficient (Wildman–Crippen LogP) is 8.13. The summed E-state index contributed by atoms with van der Waals surface area (Å²) >= 11 is 0. The highest BCUT2D eigenvalue weighted by molar-refractivity contribution is 5.66. The molecule has 0 aliphatic heterocycles. The number of hydrogen-bond donors (Lipinski definition) is 0. The first kappa shape index (κ1) is 18.7. The summed E-state index contributed by atoms with van der Waals surface area (Å²) in [6.45, 7) is 4.64. The van der Waals surface area contributed by atoms with Crippen LogP contribution in [0, 0.1) is 11.8 Å². The highest BCUT2D eigenvalue weighted by Gasteiger charge is 2.22. The van der Waals surface area contributed by atoms with Crippen LogP contribution in [0.1, 0.15) is 108 Å². The summed E-state index contributed by atoms with van der Waals surface area (Å²) < 4.78 is 0. The van der Waals surface area contributed by atoms with Crippen molar-refractivity contribution in [1.82, 2.24) is 0 Å². The number of benzene rings is 1. The largest absolute Gasteiger partial charge is 0.0804 e. The molecule has 0 spiro atoms. The lowest BCUT2D eigenvalue weighted by molar-refractivity contribution is 0.308. The molecule has 1 fully saturated rings. The minimum absolute atomic E-state index is 0.820. The molecule has 0 saturated heterocycles. The zero-order chi connectivity index (χ0) is 17.5. The topological polar surface area (TPSA) is 0 Å². The van der Waals surface area contributed by atoms with Crippen molar-refractivity contribution in [1.29, 1.82) is 0 Å². The summed E-state index contributed by atoms with van der Waals surface area (Å²) in [6, 6.07) is 9.69. The van der Waals surface area contributed by atoms with Gasteiger partial charge in [-0.05, 0) is 79.4 Å². The Balaban J connectivity index is 1.54. The van der Waals surface area contributed by atoms with Gasteiger partial charge in [-0.25, -0.2) is 0 Å². The molecule has 1 aromatic rings. The molecule has 0 heteroatoms. The molecule has 2 aliphatic rings. The van der Waals surface area contributed by atoms with Crippen LogP contribution >= 0.6 is 0 Å². The zero-order valence-corrected chi connectivity index (χ0v) is 16.6. The highest BCUT2D eigenvalue weighted by Crippen LogP contribution is 2.38. The first-order valence-electron chi connectivity index (χ1n) is 11.1. The Morgan fingerprint density at radius 2 is 1.56 bits per heavy atom. The van der Waals surface area contributed by atoms with E-state index < -0.39 is 0 Å². The third kappa shape index (κ3) is 5.22. The van der Waals surface area contributed by atoms with Crippen LogP contribution in [0.5, 0.6) is 0 Å². The van der Waals surface area contributed by atoms with Crippen molar-refractivity contribution in [3.8, 4) is 0 Å². The Kier molecular flexibility index (Phi) is 7.20. The van der Waals surface area contributed by atoms with E-state index in [2.05, 4.69) is 44.2 Å². The molecule has 3 rings (SSSR count). The lowest BCUT2D eigenvalue weighted by atomic mass is 9.77. The standard InChI is InChI=1S/C25H38/c1-3-5-7-21-10-14-23(15-11-21)25-18-16-24(17-19-25)22-12-8-20(6-4-2)9-13-22/h14,16-22H,3-13,15H2,1-2H3/t20-,21?,22-. The molecule has 0 amide bonds. The Hall–Kier alpha value is -1.04. The summed E-state index contributed by atoms with van der Waals surface area (Å²) in [5.41, 5.74) is 4.68. The molecule has 0 aromatic heterocycles. The maximum Gasteiger partial charge on any atom is -0.0162 e. The van der Waals surface area contributed by atoms with E-state index >= 15 is 0 Å². The monoisotopic (exact) mass is 338 g/mol. The molecule has 1 unspecified atom stereocenters. The van der Waals surface area contributed by atoms with Gasteiger partial charge in [0.1, 0.15) is 0 Å². The average molecular weight is 339 g/mol. The fourth-order valence-corrected chi connectivity index (χ4v) is 5.07. The third-order valence-electron chi connectivity index (χ3n) is 6.78. The van der Waals surface area contributed by atoms with Crippen LogP contribution < -0.4 is 0 Å². The van der Waals surface area contributed by atoms with E-state index in [1.807, 2.05) is 0 Å². The van der Waals surface area contributed by atoms with E-state index in [0.717, 1.165) is 17.8 Å². The minimum atomic E-state index is 0.820. The van der Waals surface area contributed by atoms with E-state index in [4.69, 9.17) is 0 Å². The van der Waals surface area contributed by atoms with E-state index in [9.17, 15) is 0 Å². The smallest absolute Gasteiger partial charge is 0.0162 e. The van der Waals surface area contributed by atoms with Gasteiger partial charge < -0.3 is 0 Å². The van der Waals surface area contributed by atoms with Gasteiger partial charge in [-0.3, -0.25) is 0 Å². The van der Waals surface area contributed by atoms with Crippen LogP contribution in [0.25, 0.3) is 5.57 Å². The number of allylic oxidation sites excluding steroid dienone is 2. The van der Waals surface area contributed by atoms with Gasteiger partial charge in [0.05, 0.1) is 0 Å². The van der Waals surface area contributed by atoms with Crippen molar-refractivity contribution in [2.45, 2.75) is 96.8 Å². The maximum absolute atomic E-state index is 2.54. The molecule has 0 radical (unpaired) electrons. The van der Waals surface area contributed by atoms with Gasteiger partial charge in [-0.15, -0.1) is 0 Å². The SMILES string of the molecule is CCCCC1CC=C(c2ccc([C@H]3CC[C@H](CCC)CC3)cc2)CC1. The van der Waals surface area contributed by atoms with E-state index in [1.165, 1.54) is 82.6 Å². The molecule has 0 N–H and O–H groups in total. The molecule has 0 bridgehead atoms. The van der Waals surface area contributed by atoms with E-state index in [1.54, 1.807) is 11.1 Å². The zero-order valence-electron chi connectivity index (χ0n) is 16.6. The second-order valence-electron chi connectivity index (χ2n) is 8.64. The quantitative estimate of drug-likeness (QED) is 0.470. The molecular weight excluding hydrogens is 300 g/mol. The summed E-state index contributed by atoms with van der Waals surface area (Å²) in [5, 5.41) is 0. The second kappa shape index (κ2) is 9.60. The molecule has 25 heavy (non-hydrogen) atoms. The number of rotatable bonds is 7. The third-order valence-corrected chi connectivity index (χ3v) is 6.78. The van der Waals surface area contributed by atoms with Gasteiger partial charge in [-0.1, -0.05) is 76.3 Å². The van der Waals surface area contributed by atoms with Crippen LogP contribution in [0.3, 0.4) is 0 Å². The van der Waals surface area contributed by atoms with Crippen molar-refractivity contribution in [3.05, 3.63) is 41.5 Å². The highest BCUT2D eigenvalue weighted by atomic mass is 14.3. The van der Waals surface area contributed by atoms with Crippen molar-refractivity contribution in [2.24, 2.45) is 11.8 Å². The first-order valence-corrected chi connectivity index (χ1v) is 11.1. The van der Waals surface area contributed by atoms with Crippen molar-refractivity contribution in [3.63, 3.8) is 0 Å². The van der Waals surface area contributed by atoms with Gasteiger partial charge in [0.25, 0.3) is 0 Å². The van der Waals surface area contributed by atoms with Gasteiger partial charge in [0.2, 0.25) is 0 Å². The lowest BCUT2D eigenvalue weighted by Crippen LogP contribution is -2.13. The first-order chi connectivity index (χ1) is 12.3. The second-order valence-corrected chi connectivity index (χ2v) is 8.64. The summed E-state index contributed by atoms with van der Waals surface area (Å²) in [5.74, 6) is 2.77. The van der Waals surface area contributed by atoms with Crippen LogP contribution in [-0.4, -0.2) is 0 Å². The molecule has 0 nitrogen and oxygen atoms in total. The number of hydrogen-bond acceptors (Lipinski definition) is 0. The van der Waals surface area contributed by atoms with Crippen molar-refractivity contribution >= 4 is 5.57 Å². The lowest BCUT2D eigenvalue weighted by Gasteiger charge is -2.29. The summed E-state index contributed by atoms with van der Waals surface area (Å²) in [4.78, 5) is 0. The predicted molar refractivity (Wildman–Crippen MR) is 111 cm³/mol. The van der Waals surface area contributed by atoms with E-state index in [0.29, 0.717) is 0 Å². The van der Waals surface area contributed by atoms with E-state index in [-0.39, 0.29) is 0 Å². The molecule has 1 atom stereocenters. The average Bonchev–Trinajstić information content (AvgIpc) is 2.68. The fourth-order valence-electron chi connectivity index (χ4n) is 5.07. The van der Waals surface area contributed by atoms with Crippen molar-refractivity contribution < 1.29 is 0 Å². The van der Waals surface area contributed by atoms with Crippen LogP contribution in [0.4, 0.5) is 0 Å². The van der Waals surface area contributed by atoms with Gasteiger partial charge in [-0.2, -0.15) is 0 Å². The van der Waals surface area contributed by atoms with Crippen LogP contribution in [0.15, 0.2) is 30.3 Å². The van der Waals surface area contributed by atoms with Gasteiger partial charge in [0, 0.05) is 0 Å². The van der Waals surface area contributed by atoms with Gasteiger partial charge >= 0.3 is 0 Å². The molecule has 0 heterocycles. The van der Waals surface area contributed by atoms with Crippen molar-refractivity contribution in [2.75, 3.05) is 0 Å². The molecule has 2 aliphatic carbocycles. The molecule has 1 saturated carbocycles. The minimum Gasteiger partial charge on any atom is -0.0804 e. The maximum atomic E-state index is 2.54. The molecule has 1 aromatic carbocycles. The molecule has 138 valence electrons. The summed E-state index contributed by atoms with van der Waals surface area (Å²) in [7, 11) is 0. The Morgan fingerprint density at radius 1 is 0.800 bits per heavy atom. The summed E-state index contributed by atoms with van der Waals surface area (Å²) in [6.07, 6.45) is 19.2. The number of unbranched alkanes of at least 4 members (excludes halogenated alkanes) is 1. The van der Waals surface area contributed by atoms with Gasteiger partial charge in [0.15, 0.2) is 0 Å². The Morgan fingerprint density at radius 3 is 2.16 bits per heavy atom.